The Morgan fingerprint density at radius 1 is 1.43 bits per heavy atom. The molecule has 0 saturated heterocycles. The highest BCUT2D eigenvalue weighted by Crippen LogP contribution is 2.17. The van der Waals surface area contributed by atoms with Gasteiger partial charge in [-0.1, -0.05) is 6.07 Å². The highest BCUT2D eigenvalue weighted by Gasteiger charge is 2.08. The van der Waals surface area contributed by atoms with E-state index in [1.165, 1.54) is 6.20 Å². The average molecular weight is 189 g/mol. The molecule has 1 atom stereocenters. The van der Waals surface area contributed by atoms with E-state index in [0.717, 1.165) is 5.56 Å². The molecule has 0 radical (unpaired) electrons. The molecule has 0 saturated carbocycles. The summed E-state index contributed by atoms with van der Waals surface area (Å²) in [6.07, 6.45) is 6.55. The molecule has 0 fully saturated rings. The second kappa shape index (κ2) is 3.49. The lowest BCUT2D eigenvalue weighted by Gasteiger charge is -2.11. The van der Waals surface area contributed by atoms with E-state index in [1.54, 1.807) is 23.3 Å². The Hall–Kier alpha value is -1.84. The minimum atomic E-state index is 0.0876. The fraction of sp³-hybridized carbons (Fsp3) is 0.200. The Balaban J connectivity index is 2.29. The molecule has 72 valence electrons. The number of pyridine rings is 1. The molecule has 14 heavy (non-hydrogen) atoms. The maximum atomic E-state index is 9.15. The fourth-order valence-corrected chi connectivity index (χ4v) is 1.32. The molecule has 0 aliphatic rings. The Kier molecular flexibility index (Phi) is 2.18. The first-order valence-electron chi connectivity index (χ1n) is 4.40. The summed E-state index contributed by atoms with van der Waals surface area (Å²) < 4.78 is 1.70. The van der Waals surface area contributed by atoms with Crippen LogP contribution in [0.4, 0.5) is 0 Å². The van der Waals surface area contributed by atoms with E-state index >= 15 is 0 Å². The van der Waals surface area contributed by atoms with Gasteiger partial charge in [0.05, 0.1) is 18.4 Å². The van der Waals surface area contributed by atoms with Crippen LogP contribution in [0, 0.1) is 0 Å². The Morgan fingerprint density at radius 2 is 2.29 bits per heavy atom. The molecule has 4 nitrogen and oxygen atoms in total. The number of aromatic hydroxyl groups is 1. The topological polar surface area (TPSA) is 50.9 Å². The second-order valence-electron chi connectivity index (χ2n) is 3.14. The SMILES string of the molecule is CC(c1cccnc1)n1cc(O)cn1. The van der Waals surface area contributed by atoms with Crippen molar-refractivity contribution in [3.8, 4) is 5.75 Å². The van der Waals surface area contributed by atoms with Crippen LogP contribution in [0.3, 0.4) is 0 Å². The van der Waals surface area contributed by atoms with E-state index in [2.05, 4.69) is 10.1 Å². The molecule has 1 unspecified atom stereocenters. The summed E-state index contributed by atoms with van der Waals surface area (Å²) in [4.78, 5) is 4.03. The zero-order valence-electron chi connectivity index (χ0n) is 7.83. The van der Waals surface area contributed by atoms with Crippen LogP contribution in [0.2, 0.25) is 0 Å². The standard InChI is InChI=1S/C10H11N3O/c1-8(9-3-2-4-11-5-9)13-7-10(14)6-12-13/h2-8,14H,1H3. The van der Waals surface area contributed by atoms with Crippen molar-refractivity contribution in [3.05, 3.63) is 42.5 Å². The van der Waals surface area contributed by atoms with E-state index in [4.69, 9.17) is 5.11 Å². The summed E-state index contributed by atoms with van der Waals surface area (Å²) >= 11 is 0. The summed E-state index contributed by atoms with van der Waals surface area (Å²) in [5.74, 6) is 0.181. The lowest BCUT2D eigenvalue weighted by atomic mass is 10.1. The van der Waals surface area contributed by atoms with Crippen LogP contribution in [0.15, 0.2) is 36.9 Å². The molecule has 0 spiro atoms. The van der Waals surface area contributed by atoms with Gasteiger partial charge in [0, 0.05) is 12.4 Å². The van der Waals surface area contributed by atoms with Gasteiger partial charge in [-0.15, -0.1) is 0 Å². The summed E-state index contributed by atoms with van der Waals surface area (Å²) in [6.45, 7) is 2.00. The molecule has 0 aliphatic heterocycles. The van der Waals surface area contributed by atoms with Gasteiger partial charge < -0.3 is 5.11 Å². The zero-order valence-corrected chi connectivity index (χ0v) is 7.83. The van der Waals surface area contributed by atoms with Crippen molar-refractivity contribution in [1.29, 1.82) is 0 Å². The third kappa shape index (κ3) is 1.59. The van der Waals surface area contributed by atoms with Gasteiger partial charge in [-0.05, 0) is 18.6 Å². The minimum absolute atomic E-state index is 0.0876. The maximum Gasteiger partial charge on any atom is 0.153 e. The van der Waals surface area contributed by atoms with Gasteiger partial charge in [0.1, 0.15) is 0 Å². The lowest BCUT2D eigenvalue weighted by molar-refractivity contribution is 0.471. The molecule has 1 N–H and O–H groups in total. The van der Waals surface area contributed by atoms with Gasteiger partial charge in [0.15, 0.2) is 5.75 Å². The van der Waals surface area contributed by atoms with Crippen molar-refractivity contribution < 1.29 is 5.11 Å². The number of rotatable bonds is 2. The van der Waals surface area contributed by atoms with Gasteiger partial charge in [-0.3, -0.25) is 9.67 Å². The normalized spacial score (nSPS) is 12.6. The third-order valence-corrected chi connectivity index (χ3v) is 2.15. The largest absolute Gasteiger partial charge is 0.505 e. The van der Waals surface area contributed by atoms with Crippen LogP contribution in [-0.4, -0.2) is 19.9 Å². The highest BCUT2D eigenvalue weighted by molar-refractivity contribution is 5.16. The van der Waals surface area contributed by atoms with Crippen LogP contribution in [0.5, 0.6) is 5.75 Å². The van der Waals surface area contributed by atoms with Crippen molar-refractivity contribution >= 4 is 0 Å². The van der Waals surface area contributed by atoms with Crippen LogP contribution in [-0.2, 0) is 0 Å². The average Bonchev–Trinajstić information content (AvgIpc) is 2.65. The molecule has 0 amide bonds. The van der Waals surface area contributed by atoms with E-state index in [1.807, 2.05) is 19.1 Å². The molecule has 4 heteroatoms. The maximum absolute atomic E-state index is 9.15. The highest BCUT2D eigenvalue weighted by atomic mass is 16.3. The van der Waals surface area contributed by atoms with E-state index in [9.17, 15) is 0 Å². The molecule has 2 aromatic rings. The van der Waals surface area contributed by atoms with Crippen molar-refractivity contribution in [1.82, 2.24) is 14.8 Å². The summed E-state index contributed by atoms with van der Waals surface area (Å²) in [5, 5.41) is 13.2. The smallest absolute Gasteiger partial charge is 0.153 e. The van der Waals surface area contributed by atoms with Crippen molar-refractivity contribution in [2.75, 3.05) is 0 Å². The molecule has 0 aromatic carbocycles. The van der Waals surface area contributed by atoms with Crippen LogP contribution in [0.1, 0.15) is 18.5 Å². The molecule has 0 bridgehead atoms. The first-order valence-corrected chi connectivity index (χ1v) is 4.40. The van der Waals surface area contributed by atoms with Gasteiger partial charge in [0.2, 0.25) is 0 Å². The van der Waals surface area contributed by atoms with Crippen LogP contribution in [0.25, 0.3) is 0 Å². The van der Waals surface area contributed by atoms with Crippen LogP contribution >= 0.6 is 0 Å². The van der Waals surface area contributed by atoms with Crippen molar-refractivity contribution in [2.24, 2.45) is 0 Å². The molecular formula is C10H11N3O. The van der Waals surface area contributed by atoms with Gasteiger partial charge >= 0.3 is 0 Å². The fourth-order valence-electron chi connectivity index (χ4n) is 1.32. The zero-order chi connectivity index (χ0) is 9.97. The van der Waals surface area contributed by atoms with E-state index in [-0.39, 0.29) is 11.8 Å². The molecular weight excluding hydrogens is 178 g/mol. The summed E-state index contributed by atoms with van der Waals surface area (Å²) in [7, 11) is 0. The van der Waals surface area contributed by atoms with Crippen molar-refractivity contribution in [2.45, 2.75) is 13.0 Å². The second-order valence-corrected chi connectivity index (χ2v) is 3.14. The quantitative estimate of drug-likeness (QED) is 0.780. The predicted octanol–water partition coefficient (Wildman–Crippen LogP) is 1.59. The lowest BCUT2D eigenvalue weighted by Crippen LogP contribution is -2.06. The Bertz CT molecular complexity index is 410. The number of nitrogens with zero attached hydrogens (tertiary/aromatic N) is 3. The molecule has 2 rings (SSSR count). The number of hydrogen-bond donors (Lipinski definition) is 1. The predicted molar refractivity (Wildman–Crippen MR) is 51.9 cm³/mol. The van der Waals surface area contributed by atoms with Crippen LogP contribution < -0.4 is 0 Å². The monoisotopic (exact) mass is 189 g/mol. The van der Waals surface area contributed by atoms with Gasteiger partial charge in [-0.2, -0.15) is 5.10 Å². The number of hydrogen-bond acceptors (Lipinski definition) is 3. The Morgan fingerprint density at radius 3 is 2.86 bits per heavy atom. The number of aromatic nitrogens is 3. The molecule has 2 aromatic heterocycles. The first-order chi connectivity index (χ1) is 6.77. The minimum Gasteiger partial charge on any atom is -0.505 e. The summed E-state index contributed by atoms with van der Waals surface area (Å²) in [5.41, 5.74) is 1.07. The summed E-state index contributed by atoms with van der Waals surface area (Å²) in [6, 6.07) is 3.95. The molecule has 2 heterocycles. The molecule has 0 aliphatic carbocycles. The van der Waals surface area contributed by atoms with E-state index in [0.29, 0.717) is 0 Å². The third-order valence-electron chi connectivity index (χ3n) is 2.15. The van der Waals surface area contributed by atoms with E-state index < -0.39 is 0 Å². The van der Waals surface area contributed by atoms with Gasteiger partial charge in [-0.25, -0.2) is 0 Å². The Labute approximate surface area is 81.8 Å². The first kappa shape index (κ1) is 8.74. The van der Waals surface area contributed by atoms with Gasteiger partial charge in [0.25, 0.3) is 0 Å². The van der Waals surface area contributed by atoms with Crippen molar-refractivity contribution in [3.63, 3.8) is 0 Å².